The molecule has 2 N–H and O–H groups in total. The number of hydrogen-bond donors (Lipinski definition) is 2. The summed E-state index contributed by atoms with van der Waals surface area (Å²) in [6.07, 6.45) is 0. The zero-order valence-corrected chi connectivity index (χ0v) is 17.4. The Bertz CT molecular complexity index is 1240. The lowest BCUT2D eigenvalue weighted by molar-refractivity contribution is 0.102. The molecule has 1 amide bonds. The van der Waals surface area contributed by atoms with Crippen molar-refractivity contribution in [2.24, 2.45) is 0 Å². The molecule has 3 aromatic carbocycles. The number of benzene rings is 3. The third kappa shape index (κ3) is 4.65. The van der Waals surface area contributed by atoms with E-state index >= 15 is 0 Å². The van der Waals surface area contributed by atoms with E-state index in [1.807, 2.05) is 13.0 Å². The van der Waals surface area contributed by atoms with E-state index in [0.717, 1.165) is 23.3 Å². The highest BCUT2D eigenvalue weighted by atomic mass is 32.2. The fourth-order valence-corrected chi connectivity index (χ4v) is 4.35. The third-order valence-corrected chi connectivity index (χ3v) is 6.05. The number of carbonyl (C=O) groups is 1. The van der Waals surface area contributed by atoms with E-state index in [2.05, 4.69) is 10.0 Å². The van der Waals surface area contributed by atoms with Crippen LogP contribution in [-0.2, 0) is 10.0 Å². The van der Waals surface area contributed by atoms with Crippen molar-refractivity contribution >= 4 is 27.3 Å². The lowest BCUT2D eigenvalue weighted by Gasteiger charge is -2.14. The van der Waals surface area contributed by atoms with E-state index in [4.69, 9.17) is 0 Å². The predicted molar refractivity (Wildman–Crippen MR) is 112 cm³/mol. The first-order valence-corrected chi connectivity index (χ1v) is 10.5. The SMILES string of the molecule is Cc1ccc(NS(=O)(=O)c2cc(C(=O)Nc3ccc(F)cc3F)ccc2C)c(C)c1. The van der Waals surface area contributed by atoms with E-state index in [1.165, 1.54) is 18.2 Å². The summed E-state index contributed by atoms with van der Waals surface area (Å²) in [6, 6.07) is 12.2. The number of halogens is 2. The Kier molecular flexibility index (Phi) is 5.89. The summed E-state index contributed by atoms with van der Waals surface area (Å²) in [5.41, 5.74) is 2.44. The lowest BCUT2D eigenvalue weighted by Crippen LogP contribution is -2.18. The fraction of sp³-hybridized carbons (Fsp3) is 0.136. The molecule has 0 saturated carbocycles. The molecular weight excluding hydrogens is 410 g/mol. The number of sulfonamides is 1. The van der Waals surface area contributed by atoms with Gasteiger partial charge in [0.15, 0.2) is 0 Å². The van der Waals surface area contributed by atoms with Crippen molar-refractivity contribution < 1.29 is 22.0 Å². The monoisotopic (exact) mass is 430 g/mol. The normalized spacial score (nSPS) is 11.2. The third-order valence-electron chi connectivity index (χ3n) is 4.55. The van der Waals surface area contributed by atoms with Gasteiger partial charge in [-0.25, -0.2) is 17.2 Å². The molecule has 0 radical (unpaired) electrons. The van der Waals surface area contributed by atoms with Crippen LogP contribution in [0.5, 0.6) is 0 Å². The van der Waals surface area contributed by atoms with Crippen LogP contribution in [0.3, 0.4) is 0 Å². The molecule has 0 aromatic heterocycles. The average Bonchev–Trinajstić information content (AvgIpc) is 2.66. The minimum atomic E-state index is -3.98. The zero-order chi connectivity index (χ0) is 22.1. The van der Waals surface area contributed by atoms with E-state index < -0.39 is 27.6 Å². The molecular formula is C22H20F2N2O3S. The molecule has 0 saturated heterocycles. The number of carbonyl (C=O) groups excluding carboxylic acids is 1. The number of anilines is 2. The molecule has 0 heterocycles. The Hall–Kier alpha value is -3.26. The molecule has 5 nitrogen and oxygen atoms in total. The molecule has 0 aliphatic rings. The highest BCUT2D eigenvalue weighted by molar-refractivity contribution is 7.92. The summed E-state index contributed by atoms with van der Waals surface area (Å²) < 4.78 is 55.3. The summed E-state index contributed by atoms with van der Waals surface area (Å²) >= 11 is 0. The molecule has 0 bridgehead atoms. The van der Waals surface area contributed by atoms with Crippen molar-refractivity contribution in [3.05, 3.63) is 88.5 Å². The summed E-state index contributed by atoms with van der Waals surface area (Å²) in [5, 5.41) is 2.32. The quantitative estimate of drug-likeness (QED) is 0.602. The van der Waals surface area contributed by atoms with Gasteiger partial charge in [0.2, 0.25) is 0 Å². The summed E-state index contributed by atoms with van der Waals surface area (Å²) in [5.74, 6) is -2.42. The van der Waals surface area contributed by atoms with Gasteiger partial charge in [-0.1, -0.05) is 23.8 Å². The minimum Gasteiger partial charge on any atom is -0.319 e. The van der Waals surface area contributed by atoms with Crippen LogP contribution < -0.4 is 10.0 Å². The molecule has 0 fully saturated rings. The number of amides is 1. The van der Waals surface area contributed by atoms with Crippen LogP contribution in [0.25, 0.3) is 0 Å². The van der Waals surface area contributed by atoms with Crippen molar-refractivity contribution in [1.29, 1.82) is 0 Å². The van der Waals surface area contributed by atoms with Gasteiger partial charge in [-0.2, -0.15) is 0 Å². The molecule has 0 atom stereocenters. The van der Waals surface area contributed by atoms with Crippen molar-refractivity contribution in [3.8, 4) is 0 Å². The smallest absolute Gasteiger partial charge is 0.262 e. The Morgan fingerprint density at radius 2 is 1.53 bits per heavy atom. The maximum atomic E-state index is 13.8. The molecule has 156 valence electrons. The van der Waals surface area contributed by atoms with Crippen LogP contribution in [0.1, 0.15) is 27.0 Å². The zero-order valence-electron chi connectivity index (χ0n) is 16.6. The van der Waals surface area contributed by atoms with Gasteiger partial charge >= 0.3 is 0 Å². The largest absolute Gasteiger partial charge is 0.319 e. The van der Waals surface area contributed by atoms with E-state index in [0.29, 0.717) is 17.3 Å². The molecule has 0 aliphatic carbocycles. The average molecular weight is 430 g/mol. The molecule has 3 aromatic rings. The van der Waals surface area contributed by atoms with Gasteiger partial charge in [0.1, 0.15) is 11.6 Å². The highest BCUT2D eigenvalue weighted by Crippen LogP contribution is 2.24. The van der Waals surface area contributed by atoms with Crippen LogP contribution in [0, 0.1) is 32.4 Å². The van der Waals surface area contributed by atoms with Crippen LogP contribution in [0.4, 0.5) is 20.2 Å². The molecule has 0 aliphatic heterocycles. The van der Waals surface area contributed by atoms with Gasteiger partial charge in [0, 0.05) is 11.6 Å². The van der Waals surface area contributed by atoms with Crippen molar-refractivity contribution in [2.45, 2.75) is 25.7 Å². The maximum Gasteiger partial charge on any atom is 0.262 e. The highest BCUT2D eigenvalue weighted by Gasteiger charge is 2.20. The van der Waals surface area contributed by atoms with Crippen LogP contribution in [0.2, 0.25) is 0 Å². The summed E-state index contributed by atoms with van der Waals surface area (Å²) in [7, 11) is -3.98. The first-order chi connectivity index (χ1) is 14.1. The van der Waals surface area contributed by atoms with Gasteiger partial charge in [-0.15, -0.1) is 0 Å². The molecule has 8 heteroatoms. The molecule has 30 heavy (non-hydrogen) atoms. The topological polar surface area (TPSA) is 75.3 Å². The standard InChI is InChI=1S/C22H20F2N2O3S/c1-13-4-8-19(15(3)10-13)26-30(28,29)21-11-16(6-5-14(21)2)22(27)25-20-9-7-17(23)12-18(20)24/h4-12,26H,1-3H3,(H,25,27). The summed E-state index contributed by atoms with van der Waals surface area (Å²) in [4.78, 5) is 12.4. The van der Waals surface area contributed by atoms with E-state index in [1.54, 1.807) is 26.0 Å². The van der Waals surface area contributed by atoms with Crippen LogP contribution >= 0.6 is 0 Å². The molecule has 3 rings (SSSR count). The Morgan fingerprint density at radius 1 is 0.833 bits per heavy atom. The van der Waals surface area contributed by atoms with Crippen LogP contribution in [0.15, 0.2) is 59.5 Å². The predicted octanol–water partition coefficient (Wildman–Crippen LogP) is 4.94. The van der Waals surface area contributed by atoms with E-state index in [9.17, 15) is 22.0 Å². The molecule has 0 spiro atoms. The van der Waals surface area contributed by atoms with Crippen molar-refractivity contribution in [1.82, 2.24) is 0 Å². The van der Waals surface area contributed by atoms with Gasteiger partial charge in [-0.3, -0.25) is 9.52 Å². The number of aryl methyl sites for hydroxylation is 3. The minimum absolute atomic E-state index is 0.0188. The van der Waals surface area contributed by atoms with Gasteiger partial charge in [0.05, 0.1) is 16.3 Å². The van der Waals surface area contributed by atoms with Gasteiger partial charge < -0.3 is 5.32 Å². The first-order valence-electron chi connectivity index (χ1n) is 9.04. The Labute approximate surface area is 173 Å². The van der Waals surface area contributed by atoms with Gasteiger partial charge in [-0.05, 0) is 62.2 Å². The number of hydrogen-bond acceptors (Lipinski definition) is 3. The second kappa shape index (κ2) is 8.23. The van der Waals surface area contributed by atoms with E-state index in [-0.39, 0.29) is 16.1 Å². The second-order valence-electron chi connectivity index (χ2n) is 6.98. The number of nitrogens with one attached hydrogen (secondary N) is 2. The summed E-state index contributed by atoms with van der Waals surface area (Å²) in [6.45, 7) is 5.30. The lowest BCUT2D eigenvalue weighted by atomic mass is 10.1. The maximum absolute atomic E-state index is 13.8. The van der Waals surface area contributed by atoms with Crippen molar-refractivity contribution in [3.63, 3.8) is 0 Å². The first kappa shape index (κ1) is 21.4. The van der Waals surface area contributed by atoms with Crippen LogP contribution in [-0.4, -0.2) is 14.3 Å². The van der Waals surface area contributed by atoms with Crippen molar-refractivity contribution in [2.75, 3.05) is 10.0 Å². The fourth-order valence-electron chi connectivity index (χ4n) is 2.94. The Balaban J connectivity index is 1.91. The number of rotatable bonds is 5. The second-order valence-corrected chi connectivity index (χ2v) is 8.63. The molecule has 0 unspecified atom stereocenters. The van der Waals surface area contributed by atoms with Gasteiger partial charge in [0.25, 0.3) is 15.9 Å². The Morgan fingerprint density at radius 3 is 2.20 bits per heavy atom.